The lowest BCUT2D eigenvalue weighted by molar-refractivity contribution is 0.0396. The van der Waals surface area contributed by atoms with E-state index in [2.05, 4.69) is 40.2 Å². The third-order valence-electron chi connectivity index (χ3n) is 5.04. The number of morpholine rings is 1. The van der Waals surface area contributed by atoms with Gasteiger partial charge in [0.25, 0.3) is 0 Å². The van der Waals surface area contributed by atoms with Gasteiger partial charge in [-0.2, -0.15) is 0 Å². The third kappa shape index (κ3) is 3.21. The van der Waals surface area contributed by atoms with E-state index < -0.39 is 0 Å². The van der Waals surface area contributed by atoms with E-state index in [-0.39, 0.29) is 6.10 Å². The number of ether oxygens (including phenoxy) is 1. The molecule has 5 rings (SSSR count). The van der Waals surface area contributed by atoms with Gasteiger partial charge in [-0.25, -0.2) is 9.97 Å². The summed E-state index contributed by atoms with van der Waals surface area (Å²) in [7, 11) is 0. The second-order valence-corrected chi connectivity index (χ2v) is 6.85. The van der Waals surface area contributed by atoms with E-state index in [1.807, 2.05) is 36.4 Å². The van der Waals surface area contributed by atoms with Gasteiger partial charge in [0.15, 0.2) is 5.82 Å². The number of hydrogen-bond acceptors (Lipinski definition) is 5. The minimum Gasteiger partial charge on any atom is -0.370 e. The van der Waals surface area contributed by atoms with Crippen LogP contribution < -0.4 is 4.90 Å². The van der Waals surface area contributed by atoms with Gasteiger partial charge in [0, 0.05) is 36.4 Å². The van der Waals surface area contributed by atoms with Gasteiger partial charge in [-0.1, -0.05) is 42.5 Å². The van der Waals surface area contributed by atoms with Crippen LogP contribution >= 0.6 is 0 Å². The van der Waals surface area contributed by atoms with Crippen LogP contribution in [0.1, 0.15) is 11.7 Å². The number of aromatic nitrogens is 3. The molecule has 0 saturated carbocycles. The predicted molar refractivity (Wildman–Crippen MR) is 110 cm³/mol. The van der Waals surface area contributed by atoms with E-state index in [1.165, 1.54) is 5.56 Å². The van der Waals surface area contributed by atoms with Crippen molar-refractivity contribution in [3.05, 3.63) is 84.7 Å². The Morgan fingerprint density at radius 2 is 1.75 bits per heavy atom. The van der Waals surface area contributed by atoms with Crippen molar-refractivity contribution in [1.82, 2.24) is 15.0 Å². The Balaban J connectivity index is 1.57. The Morgan fingerprint density at radius 1 is 0.893 bits per heavy atom. The monoisotopic (exact) mass is 368 g/mol. The number of anilines is 1. The molecule has 1 fully saturated rings. The predicted octanol–water partition coefficient (Wildman–Crippen LogP) is 4.27. The molecule has 1 unspecified atom stereocenters. The maximum Gasteiger partial charge on any atom is 0.163 e. The lowest BCUT2D eigenvalue weighted by Crippen LogP contribution is -2.39. The summed E-state index contributed by atoms with van der Waals surface area (Å²) in [6.45, 7) is 2.23. The van der Waals surface area contributed by atoms with Gasteiger partial charge >= 0.3 is 0 Å². The molecule has 1 aliphatic rings. The topological polar surface area (TPSA) is 51.1 Å². The Hall–Kier alpha value is -3.31. The molecular weight excluding hydrogens is 348 g/mol. The molecule has 1 atom stereocenters. The van der Waals surface area contributed by atoms with Crippen molar-refractivity contribution in [2.75, 3.05) is 24.6 Å². The fourth-order valence-electron chi connectivity index (χ4n) is 3.64. The number of nitrogens with zero attached hydrogens (tertiary/aromatic N) is 4. The minimum atomic E-state index is 0.0329. The van der Waals surface area contributed by atoms with E-state index >= 15 is 0 Å². The lowest BCUT2D eigenvalue weighted by atomic mass is 10.1. The number of para-hydroxylation sites is 1. The summed E-state index contributed by atoms with van der Waals surface area (Å²) in [5, 5.41) is 1.06. The van der Waals surface area contributed by atoms with Gasteiger partial charge in [0.05, 0.1) is 12.1 Å². The highest BCUT2D eigenvalue weighted by Crippen LogP contribution is 2.31. The standard InChI is InChI=1S/C23H20N4O/c1-2-7-17(8-3-1)21-16-27(13-14-28-21)23-19-10-4-5-11-20(19)25-22(26-23)18-9-6-12-24-15-18/h1-12,15,21H,13-14,16H2. The molecule has 138 valence electrons. The van der Waals surface area contributed by atoms with Crippen molar-refractivity contribution >= 4 is 16.7 Å². The zero-order chi connectivity index (χ0) is 18.8. The summed E-state index contributed by atoms with van der Waals surface area (Å²) < 4.78 is 6.05. The molecule has 0 bridgehead atoms. The summed E-state index contributed by atoms with van der Waals surface area (Å²) in [4.78, 5) is 16.2. The Morgan fingerprint density at radius 3 is 2.61 bits per heavy atom. The summed E-state index contributed by atoms with van der Waals surface area (Å²) in [5.74, 6) is 1.65. The van der Waals surface area contributed by atoms with E-state index in [9.17, 15) is 0 Å². The smallest absolute Gasteiger partial charge is 0.163 e. The summed E-state index contributed by atoms with van der Waals surface area (Å²) in [6.07, 6.45) is 3.60. The SMILES string of the molecule is c1ccc(C2CN(c3nc(-c4cccnc4)nc4ccccc34)CCO2)cc1. The fourth-order valence-corrected chi connectivity index (χ4v) is 3.64. The van der Waals surface area contributed by atoms with Crippen LogP contribution in [0.25, 0.3) is 22.3 Å². The number of rotatable bonds is 3. The molecule has 1 saturated heterocycles. The summed E-state index contributed by atoms with van der Waals surface area (Å²) in [6, 6.07) is 22.5. The largest absolute Gasteiger partial charge is 0.370 e. The van der Waals surface area contributed by atoms with Crippen LogP contribution in [0.2, 0.25) is 0 Å². The number of pyridine rings is 1. The highest BCUT2D eigenvalue weighted by Gasteiger charge is 2.25. The molecule has 0 radical (unpaired) electrons. The Kier molecular flexibility index (Phi) is 4.43. The Labute approximate surface area is 163 Å². The second-order valence-electron chi connectivity index (χ2n) is 6.85. The van der Waals surface area contributed by atoms with Gasteiger partial charge in [0.1, 0.15) is 11.9 Å². The molecule has 0 N–H and O–H groups in total. The Bertz CT molecular complexity index is 1090. The van der Waals surface area contributed by atoms with Crippen LogP contribution in [0, 0.1) is 0 Å². The average Bonchev–Trinajstić information content (AvgIpc) is 2.79. The number of hydrogen-bond donors (Lipinski definition) is 0. The first-order valence-corrected chi connectivity index (χ1v) is 9.47. The molecule has 0 spiro atoms. The number of fused-ring (bicyclic) bond motifs is 1. The molecule has 2 aromatic heterocycles. The van der Waals surface area contributed by atoms with E-state index in [4.69, 9.17) is 14.7 Å². The molecule has 28 heavy (non-hydrogen) atoms. The van der Waals surface area contributed by atoms with E-state index in [0.717, 1.165) is 35.4 Å². The van der Waals surface area contributed by atoms with Crippen molar-refractivity contribution in [1.29, 1.82) is 0 Å². The van der Waals surface area contributed by atoms with E-state index in [0.29, 0.717) is 12.4 Å². The normalized spacial score (nSPS) is 17.0. The summed E-state index contributed by atoms with van der Waals surface area (Å²) >= 11 is 0. The maximum absolute atomic E-state index is 6.05. The van der Waals surface area contributed by atoms with Crippen molar-refractivity contribution in [2.24, 2.45) is 0 Å². The van der Waals surface area contributed by atoms with Crippen LogP contribution in [-0.4, -0.2) is 34.6 Å². The van der Waals surface area contributed by atoms with Crippen LogP contribution in [0.3, 0.4) is 0 Å². The number of benzene rings is 2. The van der Waals surface area contributed by atoms with Crippen molar-refractivity contribution in [3.63, 3.8) is 0 Å². The van der Waals surface area contributed by atoms with Gasteiger partial charge in [-0.15, -0.1) is 0 Å². The average molecular weight is 368 g/mol. The molecule has 0 amide bonds. The molecule has 4 aromatic rings. The molecule has 2 aromatic carbocycles. The molecule has 1 aliphatic heterocycles. The van der Waals surface area contributed by atoms with E-state index in [1.54, 1.807) is 12.4 Å². The lowest BCUT2D eigenvalue weighted by Gasteiger charge is -2.34. The van der Waals surface area contributed by atoms with Crippen molar-refractivity contribution in [3.8, 4) is 11.4 Å². The van der Waals surface area contributed by atoms with Crippen molar-refractivity contribution < 1.29 is 4.74 Å². The van der Waals surface area contributed by atoms with Crippen LogP contribution in [-0.2, 0) is 4.74 Å². The fraction of sp³-hybridized carbons (Fsp3) is 0.174. The maximum atomic E-state index is 6.05. The molecule has 3 heterocycles. The molecule has 5 nitrogen and oxygen atoms in total. The quantitative estimate of drug-likeness (QED) is 0.540. The minimum absolute atomic E-state index is 0.0329. The molecular formula is C23H20N4O. The zero-order valence-electron chi connectivity index (χ0n) is 15.4. The van der Waals surface area contributed by atoms with Crippen molar-refractivity contribution in [2.45, 2.75) is 6.10 Å². The second kappa shape index (κ2) is 7.37. The highest BCUT2D eigenvalue weighted by atomic mass is 16.5. The first kappa shape index (κ1) is 16.8. The van der Waals surface area contributed by atoms with Gasteiger partial charge in [-0.05, 0) is 29.8 Å². The zero-order valence-corrected chi connectivity index (χ0v) is 15.4. The van der Waals surface area contributed by atoms with Crippen LogP contribution in [0.15, 0.2) is 79.1 Å². The highest BCUT2D eigenvalue weighted by molar-refractivity contribution is 5.91. The van der Waals surface area contributed by atoms with Gasteiger partial charge in [0.2, 0.25) is 0 Å². The van der Waals surface area contributed by atoms with Crippen LogP contribution in [0.4, 0.5) is 5.82 Å². The van der Waals surface area contributed by atoms with Crippen LogP contribution in [0.5, 0.6) is 0 Å². The molecule has 0 aliphatic carbocycles. The van der Waals surface area contributed by atoms with Gasteiger partial charge < -0.3 is 9.64 Å². The first-order chi connectivity index (χ1) is 13.9. The molecule has 5 heteroatoms. The third-order valence-corrected chi connectivity index (χ3v) is 5.04. The first-order valence-electron chi connectivity index (χ1n) is 9.47. The summed E-state index contributed by atoms with van der Waals surface area (Å²) in [5.41, 5.74) is 3.05. The van der Waals surface area contributed by atoms with Gasteiger partial charge in [-0.3, -0.25) is 4.98 Å².